The molecule has 3 rings (SSSR count). The molecular formula is C11H11N3O2S. The molecule has 17 heavy (non-hydrogen) atoms. The third kappa shape index (κ3) is 1.52. The Morgan fingerprint density at radius 3 is 2.71 bits per heavy atom. The number of rotatable bonds is 1. The standard InChI is InChI=1S/C11H11N3O2S/c1-13-10(12-14(2)11(13)17)7-3-4-8-9(5-7)16-6-15-8/h3-5H,6H2,1-2H3. The van der Waals surface area contributed by atoms with Crippen LogP contribution in [0.25, 0.3) is 11.4 Å². The smallest absolute Gasteiger partial charge is 0.231 e. The zero-order valence-corrected chi connectivity index (χ0v) is 10.3. The summed E-state index contributed by atoms with van der Waals surface area (Å²) in [5.74, 6) is 2.33. The number of aromatic nitrogens is 3. The Balaban J connectivity index is 2.16. The van der Waals surface area contributed by atoms with Gasteiger partial charge in [0.05, 0.1) is 0 Å². The third-order valence-electron chi connectivity index (χ3n) is 2.76. The van der Waals surface area contributed by atoms with Crippen molar-refractivity contribution in [2.45, 2.75) is 0 Å². The molecule has 2 heterocycles. The van der Waals surface area contributed by atoms with Gasteiger partial charge in [-0.15, -0.1) is 0 Å². The van der Waals surface area contributed by atoms with Crippen molar-refractivity contribution in [3.05, 3.63) is 23.0 Å². The first-order chi connectivity index (χ1) is 8.16. The molecule has 88 valence electrons. The van der Waals surface area contributed by atoms with Gasteiger partial charge in [0, 0.05) is 19.7 Å². The lowest BCUT2D eigenvalue weighted by atomic mass is 10.2. The van der Waals surface area contributed by atoms with Crippen molar-refractivity contribution in [3.8, 4) is 22.9 Å². The van der Waals surface area contributed by atoms with E-state index in [1.165, 1.54) is 0 Å². The zero-order chi connectivity index (χ0) is 12.0. The molecule has 1 aliphatic heterocycles. The first-order valence-electron chi connectivity index (χ1n) is 5.17. The first-order valence-corrected chi connectivity index (χ1v) is 5.57. The predicted octanol–water partition coefficient (Wildman–Crippen LogP) is 1.88. The topological polar surface area (TPSA) is 41.2 Å². The molecule has 0 amide bonds. The maximum atomic E-state index is 5.35. The number of hydrogen-bond donors (Lipinski definition) is 0. The zero-order valence-electron chi connectivity index (χ0n) is 9.51. The van der Waals surface area contributed by atoms with Crippen molar-refractivity contribution in [3.63, 3.8) is 0 Å². The Hall–Kier alpha value is -1.82. The molecule has 5 nitrogen and oxygen atoms in total. The van der Waals surface area contributed by atoms with Gasteiger partial charge in [0.15, 0.2) is 22.1 Å². The summed E-state index contributed by atoms with van der Waals surface area (Å²) >= 11 is 5.22. The minimum Gasteiger partial charge on any atom is -0.454 e. The van der Waals surface area contributed by atoms with Crippen LogP contribution in [0.3, 0.4) is 0 Å². The van der Waals surface area contributed by atoms with Crippen molar-refractivity contribution in [1.82, 2.24) is 14.3 Å². The van der Waals surface area contributed by atoms with E-state index in [0.29, 0.717) is 4.77 Å². The van der Waals surface area contributed by atoms with E-state index in [1.54, 1.807) is 4.68 Å². The summed E-state index contributed by atoms with van der Waals surface area (Å²) in [6.07, 6.45) is 0. The lowest BCUT2D eigenvalue weighted by Crippen LogP contribution is -1.93. The van der Waals surface area contributed by atoms with Gasteiger partial charge in [-0.3, -0.25) is 0 Å². The fourth-order valence-corrected chi connectivity index (χ4v) is 1.97. The van der Waals surface area contributed by atoms with Crippen LogP contribution in [0.4, 0.5) is 0 Å². The van der Waals surface area contributed by atoms with Gasteiger partial charge in [0.1, 0.15) is 0 Å². The Bertz CT molecular complexity index is 645. The number of aryl methyl sites for hydroxylation is 1. The van der Waals surface area contributed by atoms with Crippen molar-refractivity contribution in [2.75, 3.05) is 6.79 Å². The van der Waals surface area contributed by atoms with Crippen LogP contribution in [-0.4, -0.2) is 21.1 Å². The summed E-state index contributed by atoms with van der Waals surface area (Å²) in [6, 6.07) is 5.75. The van der Waals surface area contributed by atoms with Crippen LogP contribution in [0.15, 0.2) is 18.2 Å². The second-order valence-corrected chi connectivity index (χ2v) is 4.22. The molecule has 0 saturated heterocycles. The number of fused-ring (bicyclic) bond motifs is 1. The molecule has 0 saturated carbocycles. The van der Waals surface area contributed by atoms with Crippen molar-refractivity contribution >= 4 is 12.2 Å². The van der Waals surface area contributed by atoms with Gasteiger partial charge < -0.3 is 14.0 Å². The minimum atomic E-state index is 0.277. The quantitative estimate of drug-likeness (QED) is 0.724. The highest BCUT2D eigenvalue weighted by molar-refractivity contribution is 7.71. The minimum absolute atomic E-state index is 0.277. The van der Waals surface area contributed by atoms with Crippen LogP contribution in [-0.2, 0) is 14.1 Å². The van der Waals surface area contributed by atoms with Gasteiger partial charge in [-0.05, 0) is 30.4 Å². The lowest BCUT2D eigenvalue weighted by molar-refractivity contribution is 0.174. The van der Waals surface area contributed by atoms with Crippen LogP contribution in [0.1, 0.15) is 0 Å². The highest BCUT2D eigenvalue weighted by atomic mass is 32.1. The second kappa shape index (κ2) is 3.59. The van der Waals surface area contributed by atoms with Crippen molar-refractivity contribution < 1.29 is 9.47 Å². The van der Waals surface area contributed by atoms with Crippen LogP contribution in [0.5, 0.6) is 11.5 Å². The van der Waals surface area contributed by atoms with E-state index in [4.69, 9.17) is 21.7 Å². The van der Waals surface area contributed by atoms with E-state index in [-0.39, 0.29) is 6.79 Å². The Morgan fingerprint density at radius 2 is 2.00 bits per heavy atom. The molecule has 0 bridgehead atoms. The molecule has 1 aromatic carbocycles. The molecule has 0 radical (unpaired) electrons. The molecule has 1 aliphatic rings. The fraction of sp³-hybridized carbons (Fsp3) is 0.273. The molecule has 6 heteroatoms. The average molecular weight is 249 g/mol. The summed E-state index contributed by atoms with van der Waals surface area (Å²) in [5.41, 5.74) is 0.962. The van der Waals surface area contributed by atoms with Crippen LogP contribution in [0.2, 0.25) is 0 Å². The van der Waals surface area contributed by atoms with E-state index in [0.717, 1.165) is 22.9 Å². The molecule has 0 unspecified atom stereocenters. The summed E-state index contributed by atoms with van der Waals surface area (Å²) in [7, 11) is 3.73. The van der Waals surface area contributed by atoms with E-state index < -0.39 is 0 Å². The van der Waals surface area contributed by atoms with Gasteiger partial charge in [0.2, 0.25) is 6.79 Å². The van der Waals surface area contributed by atoms with Crippen LogP contribution >= 0.6 is 12.2 Å². The molecule has 0 fully saturated rings. The summed E-state index contributed by atoms with van der Waals surface area (Å²) in [6.45, 7) is 0.277. The summed E-state index contributed by atoms with van der Waals surface area (Å²) < 4.78 is 14.8. The third-order valence-corrected chi connectivity index (χ3v) is 3.30. The Labute approximate surface area is 103 Å². The van der Waals surface area contributed by atoms with Gasteiger partial charge in [-0.2, -0.15) is 5.10 Å². The fourth-order valence-electron chi connectivity index (χ4n) is 1.85. The lowest BCUT2D eigenvalue weighted by Gasteiger charge is -2.01. The number of benzene rings is 1. The van der Waals surface area contributed by atoms with E-state index in [9.17, 15) is 0 Å². The van der Waals surface area contributed by atoms with E-state index >= 15 is 0 Å². The first kappa shape index (κ1) is 10.3. The second-order valence-electron chi connectivity index (χ2n) is 3.86. The SMILES string of the molecule is Cn1nc(-c2ccc3c(c2)OCO3)n(C)c1=S. The van der Waals surface area contributed by atoms with E-state index in [2.05, 4.69) is 5.10 Å². The van der Waals surface area contributed by atoms with Crippen LogP contribution < -0.4 is 9.47 Å². The average Bonchev–Trinajstić information content (AvgIpc) is 2.89. The molecule has 0 aliphatic carbocycles. The number of hydrogen-bond acceptors (Lipinski definition) is 4. The largest absolute Gasteiger partial charge is 0.454 e. The predicted molar refractivity (Wildman–Crippen MR) is 64.6 cm³/mol. The molecular weight excluding hydrogens is 238 g/mol. The van der Waals surface area contributed by atoms with Gasteiger partial charge in [-0.25, -0.2) is 4.68 Å². The highest BCUT2D eigenvalue weighted by Gasteiger charge is 2.16. The monoisotopic (exact) mass is 249 g/mol. The van der Waals surface area contributed by atoms with Gasteiger partial charge >= 0.3 is 0 Å². The summed E-state index contributed by atoms with van der Waals surface area (Å²) in [5, 5.41) is 4.38. The summed E-state index contributed by atoms with van der Waals surface area (Å²) in [4.78, 5) is 0. The van der Waals surface area contributed by atoms with Crippen molar-refractivity contribution in [2.24, 2.45) is 14.1 Å². The Kier molecular flexibility index (Phi) is 2.19. The molecule has 0 N–H and O–H groups in total. The molecule has 1 aromatic heterocycles. The molecule has 0 atom stereocenters. The maximum absolute atomic E-state index is 5.35. The number of nitrogens with zero attached hydrogens (tertiary/aromatic N) is 3. The Morgan fingerprint density at radius 1 is 1.24 bits per heavy atom. The number of ether oxygens (including phenoxy) is 2. The van der Waals surface area contributed by atoms with Crippen LogP contribution in [0, 0.1) is 4.77 Å². The highest BCUT2D eigenvalue weighted by Crippen LogP contribution is 2.35. The normalized spacial score (nSPS) is 13.1. The molecule has 0 spiro atoms. The maximum Gasteiger partial charge on any atom is 0.231 e. The molecule has 2 aromatic rings. The van der Waals surface area contributed by atoms with Gasteiger partial charge in [-0.1, -0.05) is 0 Å². The van der Waals surface area contributed by atoms with Gasteiger partial charge in [0.25, 0.3) is 0 Å². The van der Waals surface area contributed by atoms with E-state index in [1.807, 2.05) is 36.9 Å². The van der Waals surface area contributed by atoms with Crippen molar-refractivity contribution in [1.29, 1.82) is 0 Å².